The number of carbonyl (C=O) groups excluding carboxylic acids is 1. The minimum atomic E-state index is 0. The van der Waals surface area contributed by atoms with Gasteiger partial charge in [0, 0.05) is 29.7 Å². The molecule has 1 amide bonds. The van der Waals surface area contributed by atoms with Crippen molar-refractivity contribution in [1.29, 1.82) is 0 Å². The molecule has 1 aliphatic heterocycles. The second kappa shape index (κ2) is 9.27. The number of thioether (sulfide) groups is 1. The molecule has 1 atom stereocenters. The van der Waals surface area contributed by atoms with Gasteiger partial charge in [-0.2, -0.15) is 0 Å². The summed E-state index contributed by atoms with van der Waals surface area (Å²) in [6.07, 6.45) is 2.85. The van der Waals surface area contributed by atoms with Crippen LogP contribution in [0.4, 0.5) is 0 Å². The van der Waals surface area contributed by atoms with E-state index in [1.54, 1.807) is 11.8 Å². The molecule has 112 valence electrons. The van der Waals surface area contributed by atoms with Crippen LogP contribution in [-0.4, -0.2) is 30.8 Å². The molecule has 1 aromatic carbocycles. The number of hydrogen-bond donors (Lipinski definition) is 2. The van der Waals surface area contributed by atoms with Crippen LogP contribution in [0.25, 0.3) is 0 Å². The van der Waals surface area contributed by atoms with E-state index in [0.717, 1.165) is 31.7 Å². The van der Waals surface area contributed by atoms with Crippen LogP contribution in [-0.2, 0) is 4.79 Å². The summed E-state index contributed by atoms with van der Waals surface area (Å²) in [5.41, 5.74) is 1.27. The molecule has 5 heteroatoms. The van der Waals surface area contributed by atoms with E-state index in [9.17, 15) is 4.79 Å². The molecular formula is C15H23ClN2OS. The van der Waals surface area contributed by atoms with Crippen LogP contribution in [0.15, 0.2) is 29.2 Å². The monoisotopic (exact) mass is 314 g/mol. The van der Waals surface area contributed by atoms with Crippen molar-refractivity contribution in [2.75, 3.05) is 18.8 Å². The first-order valence-corrected chi connectivity index (χ1v) is 7.92. The topological polar surface area (TPSA) is 41.1 Å². The molecule has 2 N–H and O–H groups in total. The van der Waals surface area contributed by atoms with E-state index >= 15 is 0 Å². The Bertz CT molecular complexity index is 405. The molecule has 0 saturated carbocycles. The van der Waals surface area contributed by atoms with Gasteiger partial charge in [-0.15, -0.1) is 24.2 Å². The molecule has 3 nitrogen and oxygen atoms in total. The molecule has 0 unspecified atom stereocenters. The summed E-state index contributed by atoms with van der Waals surface area (Å²) >= 11 is 1.74. The molecule has 0 aliphatic carbocycles. The van der Waals surface area contributed by atoms with Crippen molar-refractivity contribution in [3.8, 4) is 0 Å². The first-order chi connectivity index (χ1) is 9.24. The van der Waals surface area contributed by atoms with Gasteiger partial charge in [-0.05, 0) is 38.4 Å². The Morgan fingerprint density at radius 1 is 1.40 bits per heavy atom. The molecular weight excluding hydrogens is 292 g/mol. The Morgan fingerprint density at radius 2 is 2.15 bits per heavy atom. The van der Waals surface area contributed by atoms with Crippen molar-refractivity contribution in [3.63, 3.8) is 0 Å². The highest BCUT2D eigenvalue weighted by Gasteiger charge is 2.14. The van der Waals surface area contributed by atoms with Crippen molar-refractivity contribution < 1.29 is 4.79 Å². The van der Waals surface area contributed by atoms with Gasteiger partial charge in [-0.1, -0.05) is 17.7 Å². The lowest BCUT2D eigenvalue weighted by Crippen LogP contribution is -2.45. The normalized spacial score (nSPS) is 18.1. The van der Waals surface area contributed by atoms with Crippen LogP contribution < -0.4 is 10.6 Å². The van der Waals surface area contributed by atoms with Crippen molar-refractivity contribution in [2.24, 2.45) is 0 Å². The molecule has 20 heavy (non-hydrogen) atoms. The zero-order chi connectivity index (χ0) is 13.5. The number of nitrogens with one attached hydrogen (secondary N) is 2. The van der Waals surface area contributed by atoms with Gasteiger partial charge >= 0.3 is 0 Å². The Balaban J connectivity index is 0.00000200. The van der Waals surface area contributed by atoms with Crippen LogP contribution in [0.3, 0.4) is 0 Å². The minimum Gasteiger partial charge on any atom is -0.352 e. The maximum atomic E-state index is 11.8. The largest absolute Gasteiger partial charge is 0.352 e. The summed E-state index contributed by atoms with van der Waals surface area (Å²) in [6, 6.07) is 8.77. The maximum absolute atomic E-state index is 11.8. The first kappa shape index (κ1) is 17.3. The van der Waals surface area contributed by atoms with Gasteiger partial charge < -0.3 is 10.6 Å². The second-order valence-electron chi connectivity index (χ2n) is 5.02. The summed E-state index contributed by atoms with van der Waals surface area (Å²) in [5.74, 6) is 1.02. The highest BCUT2D eigenvalue weighted by molar-refractivity contribution is 7.99. The van der Waals surface area contributed by atoms with E-state index < -0.39 is 0 Å². The average molecular weight is 315 g/mol. The van der Waals surface area contributed by atoms with Crippen molar-refractivity contribution in [2.45, 2.75) is 37.1 Å². The zero-order valence-corrected chi connectivity index (χ0v) is 13.5. The number of aryl methyl sites for hydroxylation is 1. The summed E-state index contributed by atoms with van der Waals surface area (Å²) in [6.45, 7) is 4.08. The number of benzene rings is 1. The number of halogens is 1. The number of piperidine rings is 1. The van der Waals surface area contributed by atoms with E-state index in [0.29, 0.717) is 12.5 Å². The van der Waals surface area contributed by atoms with Crippen molar-refractivity contribution in [3.05, 3.63) is 29.8 Å². The molecule has 1 fully saturated rings. The highest BCUT2D eigenvalue weighted by atomic mass is 35.5. The molecule has 2 rings (SSSR count). The van der Waals surface area contributed by atoms with Crippen LogP contribution in [0.2, 0.25) is 0 Å². The molecule has 1 aliphatic rings. The van der Waals surface area contributed by atoms with Gasteiger partial charge in [-0.3, -0.25) is 4.79 Å². The lowest BCUT2D eigenvalue weighted by molar-refractivity contribution is -0.121. The van der Waals surface area contributed by atoms with Crippen LogP contribution in [0.1, 0.15) is 24.8 Å². The van der Waals surface area contributed by atoms with E-state index in [1.165, 1.54) is 10.5 Å². The smallest absolute Gasteiger partial charge is 0.221 e. The average Bonchev–Trinajstić information content (AvgIpc) is 2.42. The van der Waals surface area contributed by atoms with E-state index in [1.807, 2.05) is 0 Å². The SMILES string of the molecule is Cc1ccc(SCCC(=O)N[C@H]2CCCNC2)cc1.Cl. The number of hydrogen-bond acceptors (Lipinski definition) is 3. The fourth-order valence-electron chi connectivity index (χ4n) is 2.17. The highest BCUT2D eigenvalue weighted by Crippen LogP contribution is 2.18. The predicted molar refractivity (Wildman–Crippen MR) is 87.8 cm³/mol. The Kier molecular flexibility index (Phi) is 8.04. The summed E-state index contributed by atoms with van der Waals surface area (Å²) < 4.78 is 0. The zero-order valence-electron chi connectivity index (χ0n) is 11.9. The Hall–Kier alpha value is -0.710. The third kappa shape index (κ3) is 6.16. The van der Waals surface area contributed by atoms with Gasteiger partial charge in [0.05, 0.1) is 0 Å². The minimum absolute atomic E-state index is 0. The van der Waals surface area contributed by atoms with Gasteiger partial charge in [0.2, 0.25) is 5.91 Å². The van der Waals surface area contributed by atoms with Crippen LogP contribution >= 0.6 is 24.2 Å². The number of rotatable bonds is 5. The van der Waals surface area contributed by atoms with Gasteiger partial charge in [-0.25, -0.2) is 0 Å². The third-order valence-electron chi connectivity index (χ3n) is 3.28. The molecule has 1 aromatic rings. The predicted octanol–water partition coefficient (Wildman–Crippen LogP) is 2.77. The van der Waals surface area contributed by atoms with Crippen LogP contribution in [0.5, 0.6) is 0 Å². The molecule has 1 heterocycles. The maximum Gasteiger partial charge on any atom is 0.221 e. The fraction of sp³-hybridized carbons (Fsp3) is 0.533. The van der Waals surface area contributed by atoms with Crippen molar-refractivity contribution in [1.82, 2.24) is 10.6 Å². The van der Waals surface area contributed by atoms with E-state index in [2.05, 4.69) is 41.8 Å². The Labute approximate surface area is 131 Å². The lowest BCUT2D eigenvalue weighted by atomic mass is 10.1. The fourth-order valence-corrected chi connectivity index (χ4v) is 3.02. The molecule has 0 radical (unpaired) electrons. The quantitative estimate of drug-likeness (QED) is 0.821. The second-order valence-corrected chi connectivity index (χ2v) is 6.19. The summed E-state index contributed by atoms with van der Waals surface area (Å²) in [5, 5.41) is 6.41. The number of amides is 1. The first-order valence-electron chi connectivity index (χ1n) is 6.93. The standard InChI is InChI=1S/C15H22N2OS.ClH/c1-12-4-6-14(7-5-12)19-10-8-15(18)17-13-3-2-9-16-11-13;/h4-7,13,16H,2-3,8-11H2,1H3,(H,17,18);1H/t13-;/m0./s1. The molecule has 0 spiro atoms. The lowest BCUT2D eigenvalue weighted by Gasteiger charge is -2.23. The number of carbonyl (C=O) groups is 1. The van der Waals surface area contributed by atoms with E-state index in [-0.39, 0.29) is 18.3 Å². The van der Waals surface area contributed by atoms with Crippen molar-refractivity contribution >= 4 is 30.1 Å². The third-order valence-corrected chi connectivity index (χ3v) is 4.29. The van der Waals surface area contributed by atoms with Gasteiger partial charge in [0.15, 0.2) is 0 Å². The van der Waals surface area contributed by atoms with Gasteiger partial charge in [0.1, 0.15) is 0 Å². The van der Waals surface area contributed by atoms with E-state index in [4.69, 9.17) is 0 Å². The molecule has 1 saturated heterocycles. The molecule has 0 aromatic heterocycles. The molecule has 0 bridgehead atoms. The van der Waals surface area contributed by atoms with Crippen LogP contribution in [0, 0.1) is 6.92 Å². The van der Waals surface area contributed by atoms with Gasteiger partial charge in [0.25, 0.3) is 0 Å². The summed E-state index contributed by atoms with van der Waals surface area (Å²) in [4.78, 5) is 13.0. The summed E-state index contributed by atoms with van der Waals surface area (Å²) in [7, 11) is 0. The Morgan fingerprint density at radius 3 is 2.80 bits per heavy atom.